The SMILES string of the molecule is CSc1nc(C)cc(NN=Cc2ccc([N+](=O)[O-])o2)n1. The number of anilines is 1. The summed E-state index contributed by atoms with van der Waals surface area (Å²) in [4.78, 5) is 18.3. The average Bonchev–Trinajstić information content (AvgIpc) is 2.87. The van der Waals surface area contributed by atoms with Crippen LogP contribution in [0.1, 0.15) is 11.5 Å². The van der Waals surface area contributed by atoms with Crippen molar-refractivity contribution in [2.75, 3.05) is 11.7 Å². The summed E-state index contributed by atoms with van der Waals surface area (Å²) in [5.74, 6) is 0.494. The normalized spacial score (nSPS) is 10.9. The summed E-state index contributed by atoms with van der Waals surface area (Å²) in [6.07, 6.45) is 3.22. The maximum atomic E-state index is 10.4. The molecule has 104 valence electrons. The van der Waals surface area contributed by atoms with Crippen molar-refractivity contribution in [1.29, 1.82) is 0 Å². The van der Waals surface area contributed by atoms with Gasteiger partial charge < -0.3 is 4.42 Å². The van der Waals surface area contributed by atoms with Gasteiger partial charge in [0.1, 0.15) is 4.92 Å². The summed E-state index contributed by atoms with van der Waals surface area (Å²) in [6, 6.07) is 4.46. The van der Waals surface area contributed by atoms with Gasteiger partial charge in [0.25, 0.3) is 0 Å². The van der Waals surface area contributed by atoms with Crippen LogP contribution in [0.4, 0.5) is 11.7 Å². The molecule has 2 rings (SSSR count). The lowest BCUT2D eigenvalue weighted by atomic mass is 10.4. The maximum absolute atomic E-state index is 10.4. The molecule has 0 amide bonds. The summed E-state index contributed by atoms with van der Waals surface area (Å²) in [7, 11) is 0. The van der Waals surface area contributed by atoms with Crippen molar-refractivity contribution in [3.8, 4) is 0 Å². The van der Waals surface area contributed by atoms with E-state index in [1.165, 1.54) is 30.1 Å². The Bertz CT molecular complexity index is 655. The van der Waals surface area contributed by atoms with E-state index in [9.17, 15) is 10.1 Å². The molecule has 0 spiro atoms. The van der Waals surface area contributed by atoms with Gasteiger partial charge in [-0.1, -0.05) is 11.8 Å². The number of aryl methyl sites for hydroxylation is 1. The third-order valence-electron chi connectivity index (χ3n) is 2.18. The number of nitrogens with one attached hydrogen (secondary N) is 1. The molecule has 0 aliphatic rings. The molecule has 2 aromatic rings. The zero-order valence-corrected chi connectivity index (χ0v) is 11.5. The monoisotopic (exact) mass is 293 g/mol. The van der Waals surface area contributed by atoms with Crippen molar-refractivity contribution >= 4 is 29.7 Å². The number of aromatic nitrogens is 2. The van der Waals surface area contributed by atoms with Gasteiger partial charge in [-0.3, -0.25) is 15.5 Å². The van der Waals surface area contributed by atoms with Crippen molar-refractivity contribution in [2.45, 2.75) is 12.1 Å². The molecular formula is C11H11N5O3S. The Hall–Kier alpha value is -2.42. The van der Waals surface area contributed by atoms with E-state index in [-0.39, 0.29) is 11.6 Å². The number of hydrogen-bond donors (Lipinski definition) is 1. The van der Waals surface area contributed by atoms with E-state index in [2.05, 4.69) is 20.5 Å². The summed E-state index contributed by atoms with van der Waals surface area (Å²) in [5.41, 5.74) is 3.54. The molecule has 20 heavy (non-hydrogen) atoms. The van der Waals surface area contributed by atoms with Crippen LogP contribution in [0.2, 0.25) is 0 Å². The molecule has 0 aliphatic heterocycles. The largest absolute Gasteiger partial charge is 0.433 e. The Morgan fingerprint density at radius 1 is 1.50 bits per heavy atom. The van der Waals surface area contributed by atoms with Crippen LogP contribution < -0.4 is 5.43 Å². The molecule has 0 atom stereocenters. The standard InChI is InChI=1S/C11H11N5O3S/c1-7-5-9(14-11(13-7)20-2)15-12-6-8-3-4-10(19-8)16(17)18/h3-6H,1-2H3,(H,13,14,15). The zero-order valence-electron chi connectivity index (χ0n) is 10.7. The van der Waals surface area contributed by atoms with Crippen molar-refractivity contribution in [3.05, 3.63) is 39.8 Å². The second-order valence-corrected chi connectivity index (χ2v) is 4.46. The van der Waals surface area contributed by atoms with Crippen molar-refractivity contribution < 1.29 is 9.34 Å². The van der Waals surface area contributed by atoms with Gasteiger partial charge in [-0.2, -0.15) is 5.10 Å². The number of thioether (sulfide) groups is 1. The molecule has 0 saturated carbocycles. The lowest BCUT2D eigenvalue weighted by molar-refractivity contribution is -0.402. The van der Waals surface area contributed by atoms with E-state index >= 15 is 0 Å². The first-order chi connectivity index (χ1) is 9.58. The van der Waals surface area contributed by atoms with Gasteiger partial charge in [0.05, 0.1) is 12.3 Å². The van der Waals surface area contributed by atoms with Crippen molar-refractivity contribution in [2.24, 2.45) is 5.10 Å². The number of nitrogens with zero attached hydrogens (tertiary/aromatic N) is 4. The molecule has 0 aliphatic carbocycles. The average molecular weight is 293 g/mol. The molecule has 0 radical (unpaired) electrons. The van der Waals surface area contributed by atoms with Crippen LogP contribution in [-0.4, -0.2) is 27.4 Å². The van der Waals surface area contributed by atoms with E-state index in [0.29, 0.717) is 11.0 Å². The second-order valence-electron chi connectivity index (χ2n) is 3.68. The number of nitro groups is 1. The van der Waals surface area contributed by atoms with Gasteiger partial charge in [0.15, 0.2) is 16.7 Å². The molecule has 0 unspecified atom stereocenters. The van der Waals surface area contributed by atoms with Crippen LogP contribution in [0.15, 0.2) is 32.9 Å². The Morgan fingerprint density at radius 3 is 2.95 bits per heavy atom. The summed E-state index contributed by atoms with van der Waals surface area (Å²) in [5, 5.41) is 15.0. The summed E-state index contributed by atoms with van der Waals surface area (Å²) < 4.78 is 4.93. The van der Waals surface area contributed by atoms with Gasteiger partial charge >= 0.3 is 5.88 Å². The molecule has 1 N–H and O–H groups in total. The number of furan rings is 1. The van der Waals surface area contributed by atoms with Crippen LogP contribution in [0.5, 0.6) is 0 Å². The van der Waals surface area contributed by atoms with Crippen LogP contribution in [0.3, 0.4) is 0 Å². The number of hydrazone groups is 1. The predicted octanol–water partition coefficient (Wildman–Crippen LogP) is 2.45. The molecule has 0 saturated heterocycles. The molecule has 0 bridgehead atoms. The fourth-order valence-corrected chi connectivity index (χ4v) is 1.79. The minimum Gasteiger partial charge on any atom is -0.400 e. The Morgan fingerprint density at radius 2 is 2.30 bits per heavy atom. The summed E-state index contributed by atoms with van der Waals surface area (Å²) in [6.45, 7) is 1.85. The second kappa shape index (κ2) is 6.15. The topological polar surface area (TPSA) is 106 Å². The van der Waals surface area contributed by atoms with Crippen molar-refractivity contribution in [3.63, 3.8) is 0 Å². The first-order valence-electron chi connectivity index (χ1n) is 5.51. The molecule has 0 fully saturated rings. The molecule has 9 heteroatoms. The Labute approximate surface area is 118 Å². The van der Waals surface area contributed by atoms with E-state index in [4.69, 9.17) is 4.42 Å². The third kappa shape index (κ3) is 3.54. The van der Waals surface area contributed by atoms with E-state index < -0.39 is 4.92 Å². The minimum atomic E-state index is -0.608. The lowest BCUT2D eigenvalue weighted by Gasteiger charge is -2.02. The van der Waals surface area contributed by atoms with Crippen LogP contribution in [0, 0.1) is 17.0 Å². The van der Waals surface area contributed by atoms with E-state index in [0.717, 1.165) is 5.69 Å². The van der Waals surface area contributed by atoms with Crippen LogP contribution >= 0.6 is 11.8 Å². The molecular weight excluding hydrogens is 282 g/mol. The quantitative estimate of drug-likeness (QED) is 0.296. The third-order valence-corrected chi connectivity index (χ3v) is 2.73. The van der Waals surface area contributed by atoms with Gasteiger partial charge in [-0.25, -0.2) is 9.97 Å². The molecule has 0 aromatic carbocycles. The van der Waals surface area contributed by atoms with Crippen LogP contribution in [0.25, 0.3) is 0 Å². The maximum Gasteiger partial charge on any atom is 0.433 e. The minimum absolute atomic E-state index is 0.278. The highest BCUT2D eigenvalue weighted by Crippen LogP contribution is 2.15. The molecule has 2 aromatic heterocycles. The smallest absolute Gasteiger partial charge is 0.400 e. The highest BCUT2D eigenvalue weighted by Gasteiger charge is 2.10. The van der Waals surface area contributed by atoms with Crippen molar-refractivity contribution in [1.82, 2.24) is 9.97 Å². The first-order valence-corrected chi connectivity index (χ1v) is 6.74. The Kier molecular flexibility index (Phi) is 4.31. The number of rotatable bonds is 5. The summed E-state index contributed by atoms with van der Waals surface area (Å²) >= 11 is 1.43. The molecule has 8 nitrogen and oxygen atoms in total. The van der Waals surface area contributed by atoms with E-state index in [1.807, 2.05) is 13.2 Å². The van der Waals surface area contributed by atoms with Gasteiger partial charge in [-0.05, 0) is 19.2 Å². The lowest BCUT2D eigenvalue weighted by Crippen LogP contribution is -1.97. The fourth-order valence-electron chi connectivity index (χ4n) is 1.36. The first kappa shape index (κ1) is 14.0. The zero-order chi connectivity index (χ0) is 14.5. The highest BCUT2D eigenvalue weighted by atomic mass is 32.2. The van der Waals surface area contributed by atoms with E-state index in [1.54, 1.807) is 6.07 Å². The predicted molar refractivity (Wildman–Crippen MR) is 75.1 cm³/mol. The Balaban J connectivity index is 2.05. The van der Waals surface area contributed by atoms with Gasteiger partial charge in [0.2, 0.25) is 0 Å². The molecule has 2 heterocycles. The highest BCUT2D eigenvalue weighted by molar-refractivity contribution is 7.98. The van der Waals surface area contributed by atoms with Crippen LogP contribution in [-0.2, 0) is 0 Å². The fraction of sp³-hybridized carbons (Fsp3) is 0.182. The van der Waals surface area contributed by atoms with Gasteiger partial charge in [0, 0.05) is 11.8 Å². The number of hydrogen-bond acceptors (Lipinski definition) is 8. The van der Waals surface area contributed by atoms with Gasteiger partial charge in [-0.15, -0.1) is 0 Å².